The normalized spacial score (nSPS) is 13.0. The molecular formula is C17H12FNO2. The van der Waals surface area contributed by atoms with E-state index in [0.29, 0.717) is 16.9 Å². The van der Waals surface area contributed by atoms with Gasteiger partial charge >= 0.3 is 0 Å². The first-order valence-corrected chi connectivity index (χ1v) is 6.63. The Morgan fingerprint density at radius 3 is 2.48 bits per heavy atom. The predicted molar refractivity (Wildman–Crippen MR) is 78.4 cm³/mol. The van der Waals surface area contributed by atoms with Gasteiger partial charge < -0.3 is 14.6 Å². The SMILES string of the molecule is NC(c1ccc2oc3ccc(F)cc3c2c1)c1ccco1. The maximum Gasteiger partial charge on any atom is 0.135 e. The van der Waals surface area contributed by atoms with Crippen molar-refractivity contribution in [2.24, 2.45) is 5.73 Å². The van der Waals surface area contributed by atoms with Gasteiger partial charge in [-0.25, -0.2) is 4.39 Å². The highest BCUT2D eigenvalue weighted by Gasteiger charge is 2.14. The minimum absolute atomic E-state index is 0.286. The molecule has 2 heterocycles. The zero-order valence-corrected chi connectivity index (χ0v) is 11.0. The van der Waals surface area contributed by atoms with Crippen LogP contribution < -0.4 is 5.73 Å². The number of hydrogen-bond donors (Lipinski definition) is 1. The fourth-order valence-corrected chi connectivity index (χ4v) is 2.59. The first-order valence-electron chi connectivity index (χ1n) is 6.63. The van der Waals surface area contributed by atoms with E-state index >= 15 is 0 Å². The van der Waals surface area contributed by atoms with E-state index in [4.69, 9.17) is 14.6 Å². The Morgan fingerprint density at radius 2 is 1.71 bits per heavy atom. The summed E-state index contributed by atoms with van der Waals surface area (Å²) in [6.45, 7) is 0. The molecule has 0 radical (unpaired) electrons. The Hall–Kier alpha value is -2.59. The molecule has 2 aromatic carbocycles. The lowest BCUT2D eigenvalue weighted by Crippen LogP contribution is -2.10. The van der Waals surface area contributed by atoms with Gasteiger partial charge in [0, 0.05) is 10.8 Å². The number of furan rings is 2. The summed E-state index contributed by atoms with van der Waals surface area (Å²) in [6.07, 6.45) is 1.59. The largest absolute Gasteiger partial charge is 0.467 e. The topological polar surface area (TPSA) is 52.3 Å². The third-order valence-electron chi connectivity index (χ3n) is 3.66. The van der Waals surface area contributed by atoms with E-state index in [1.807, 2.05) is 24.3 Å². The molecule has 21 heavy (non-hydrogen) atoms. The number of rotatable bonds is 2. The molecule has 0 bridgehead atoms. The molecule has 0 spiro atoms. The van der Waals surface area contributed by atoms with Crippen molar-refractivity contribution in [2.75, 3.05) is 0 Å². The van der Waals surface area contributed by atoms with Gasteiger partial charge in [0.1, 0.15) is 22.7 Å². The Bertz CT molecular complexity index is 925. The molecule has 0 amide bonds. The number of fused-ring (bicyclic) bond motifs is 3. The quantitative estimate of drug-likeness (QED) is 0.593. The molecule has 3 nitrogen and oxygen atoms in total. The van der Waals surface area contributed by atoms with Crippen LogP contribution in [0.5, 0.6) is 0 Å². The molecule has 2 aromatic heterocycles. The van der Waals surface area contributed by atoms with E-state index in [1.165, 1.54) is 12.1 Å². The Kier molecular flexibility index (Phi) is 2.59. The summed E-state index contributed by atoms with van der Waals surface area (Å²) in [4.78, 5) is 0. The lowest BCUT2D eigenvalue weighted by molar-refractivity contribution is 0.490. The van der Waals surface area contributed by atoms with Crippen molar-refractivity contribution < 1.29 is 13.2 Å². The number of benzene rings is 2. The van der Waals surface area contributed by atoms with Gasteiger partial charge in [0.15, 0.2) is 0 Å². The van der Waals surface area contributed by atoms with E-state index in [2.05, 4.69) is 0 Å². The second kappa shape index (κ2) is 4.46. The molecule has 104 valence electrons. The van der Waals surface area contributed by atoms with Crippen LogP contribution in [0.1, 0.15) is 17.4 Å². The summed E-state index contributed by atoms with van der Waals surface area (Å²) in [5.41, 5.74) is 8.47. The van der Waals surface area contributed by atoms with E-state index in [0.717, 1.165) is 16.3 Å². The van der Waals surface area contributed by atoms with Gasteiger partial charge in [-0.1, -0.05) is 6.07 Å². The van der Waals surface area contributed by atoms with Crippen LogP contribution in [0.3, 0.4) is 0 Å². The van der Waals surface area contributed by atoms with Crippen LogP contribution in [0, 0.1) is 5.82 Å². The monoisotopic (exact) mass is 281 g/mol. The summed E-state index contributed by atoms with van der Waals surface area (Å²) in [7, 11) is 0. The lowest BCUT2D eigenvalue weighted by atomic mass is 10.0. The van der Waals surface area contributed by atoms with Gasteiger partial charge in [0.05, 0.1) is 12.3 Å². The van der Waals surface area contributed by atoms with Crippen LogP contribution >= 0.6 is 0 Å². The highest BCUT2D eigenvalue weighted by molar-refractivity contribution is 6.05. The van der Waals surface area contributed by atoms with E-state index in [-0.39, 0.29) is 11.9 Å². The minimum atomic E-state index is -0.358. The van der Waals surface area contributed by atoms with Crippen molar-refractivity contribution in [1.82, 2.24) is 0 Å². The second-order valence-corrected chi connectivity index (χ2v) is 4.99. The van der Waals surface area contributed by atoms with Crippen molar-refractivity contribution in [3.05, 3.63) is 71.9 Å². The van der Waals surface area contributed by atoms with Crippen molar-refractivity contribution in [3.8, 4) is 0 Å². The Balaban J connectivity index is 1.92. The highest BCUT2D eigenvalue weighted by Crippen LogP contribution is 2.32. The zero-order chi connectivity index (χ0) is 14.4. The molecule has 0 saturated heterocycles. The maximum absolute atomic E-state index is 13.4. The average Bonchev–Trinajstić information content (AvgIpc) is 3.13. The molecule has 0 fully saturated rings. The zero-order valence-electron chi connectivity index (χ0n) is 11.0. The highest BCUT2D eigenvalue weighted by atomic mass is 19.1. The molecule has 4 aromatic rings. The second-order valence-electron chi connectivity index (χ2n) is 4.99. The Labute approximate surface area is 119 Å². The van der Waals surface area contributed by atoms with Gasteiger partial charge in [-0.2, -0.15) is 0 Å². The van der Waals surface area contributed by atoms with Gasteiger partial charge in [0.25, 0.3) is 0 Å². The fraction of sp³-hybridized carbons (Fsp3) is 0.0588. The van der Waals surface area contributed by atoms with Crippen LogP contribution in [0.2, 0.25) is 0 Å². The average molecular weight is 281 g/mol. The molecule has 0 aliphatic carbocycles. The standard InChI is InChI=1S/C17H12FNO2/c18-11-4-6-15-13(9-11)12-8-10(3-5-14(12)21-15)17(19)16-2-1-7-20-16/h1-9,17H,19H2. The first-order chi connectivity index (χ1) is 10.2. The fourth-order valence-electron chi connectivity index (χ4n) is 2.59. The number of hydrogen-bond acceptors (Lipinski definition) is 3. The third-order valence-corrected chi connectivity index (χ3v) is 3.66. The number of halogens is 1. The maximum atomic E-state index is 13.4. The van der Waals surface area contributed by atoms with E-state index in [1.54, 1.807) is 18.4 Å². The van der Waals surface area contributed by atoms with Crippen molar-refractivity contribution in [3.63, 3.8) is 0 Å². The van der Waals surface area contributed by atoms with Gasteiger partial charge in [-0.15, -0.1) is 0 Å². The molecule has 0 aliphatic rings. The summed E-state index contributed by atoms with van der Waals surface area (Å²) in [6, 6.07) is 13.5. The first kappa shape index (κ1) is 12.2. The van der Waals surface area contributed by atoms with Crippen molar-refractivity contribution in [2.45, 2.75) is 6.04 Å². The lowest BCUT2D eigenvalue weighted by Gasteiger charge is -2.08. The van der Waals surface area contributed by atoms with Crippen LogP contribution in [0.25, 0.3) is 21.9 Å². The summed E-state index contributed by atoms with van der Waals surface area (Å²) in [5, 5.41) is 1.60. The Morgan fingerprint density at radius 1 is 0.952 bits per heavy atom. The summed E-state index contributed by atoms with van der Waals surface area (Å²) in [5.74, 6) is 0.402. The molecule has 4 rings (SSSR count). The molecular weight excluding hydrogens is 269 g/mol. The predicted octanol–water partition coefficient (Wildman–Crippen LogP) is 4.37. The molecule has 0 saturated carbocycles. The van der Waals surface area contributed by atoms with Gasteiger partial charge in [-0.05, 0) is 48.0 Å². The summed E-state index contributed by atoms with van der Waals surface area (Å²) >= 11 is 0. The van der Waals surface area contributed by atoms with Crippen LogP contribution in [-0.4, -0.2) is 0 Å². The van der Waals surface area contributed by atoms with E-state index < -0.39 is 0 Å². The smallest absolute Gasteiger partial charge is 0.135 e. The number of nitrogens with two attached hydrogens (primary N) is 1. The minimum Gasteiger partial charge on any atom is -0.467 e. The third kappa shape index (κ3) is 1.92. The van der Waals surface area contributed by atoms with E-state index in [9.17, 15) is 4.39 Å². The molecule has 1 unspecified atom stereocenters. The van der Waals surface area contributed by atoms with Crippen LogP contribution in [-0.2, 0) is 0 Å². The van der Waals surface area contributed by atoms with Crippen molar-refractivity contribution >= 4 is 21.9 Å². The van der Waals surface area contributed by atoms with Crippen molar-refractivity contribution in [1.29, 1.82) is 0 Å². The molecule has 0 aliphatic heterocycles. The van der Waals surface area contributed by atoms with Crippen LogP contribution in [0.15, 0.2) is 63.6 Å². The van der Waals surface area contributed by atoms with Gasteiger partial charge in [0.2, 0.25) is 0 Å². The molecule has 1 atom stereocenters. The summed E-state index contributed by atoms with van der Waals surface area (Å²) < 4.78 is 24.5. The molecule has 4 heteroatoms. The van der Waals surface area contributed by atoms with Gasteiger partial charge in [-0.3, -0.25) is 0 Å². The molecule has 2 N–H and O–H groups in total. The van der Waals surface area contributed by atoms with Crippen LogP contribution in [0.4, 0.5) is 4.39 Å².